The molecule has 0 aromatic heterocycles. The Morgan fingerprint density at radius 1 is 1.08 bits per heavy atom. The third kappa shape index (κ3) is 6.22. The van der Waals surface area contributed by atoms with Crippen molar-refractivity contribution in [2.75, 3.05) is 25.2 Å². The molecular weight excluding hydrogens is 514 g/mol. The minimum absolute atomic E-state index is 0.256. The second-order valence-electron chi connectivity index (χ2n) is 9.68. The fraction of sp³-hybridized carbons (Fsp3) is 0.387. The Hall–Kier alpha value is -3.52. The summed E-state index contributed by atoms with van der Waals surface area (Å²) < 4.78 is 16.9. The maximum absolute atomic E-state index is 14.0. The summed E-state index contributed by atoms with van der Waals surface area (Å²) in [6.07, 6.45) is 0.469. The molecule has 0 radical (unpaired) electrons. The summed E-state index contributed by atoms with van der Waals surface area (Å²) in [5, 5.41) is 3.31. The molecule has 1 aliphatic heterocycles. The van der Waals surface area contributed by atoms with Crippen LogP contribution < -0.4 is 10.1 Å². The van der Waals surface area contributed by atoms with Crippen LogP contribution >= 0.6 is 11.8 Å². The molecule has 3 atom stereocenters. The van der Waals surface area contributed by atoms with Gasteiger partial charge in [-0.3, -0.25) is 9.59 Å². The number of para-hydroxylation sites is 1. The van der Waals surface area contributed by atoms with Gasteiger partial charge in [-0.05, 0) is 36.6 Å². The molecule has 4 rings (SSSR count). The van der Waals surface area contributed by atoms with Crippen LogP contribution in [0.15, 0.2) is 77.1 Å². The zero-order chi connectivity index (χ0) is 27.9. The van der Waals surface area contributed by atoms with Crippen molar-refractivity contribution in [2.24, 2.45) is 11.8 Å². The highest BCUT2D eigenvalue weighted by Crippen LogP contribution is 2.47. The number of hydrogen-bond donors (Lipinski definition) is 1. The molecule has 2 aromatic carbocycles. The lowest BCUT2D eigenvalue weighted by Gasteiger charge is -2.38. The second-order valence-corrected chi connectivity index (χ2v) is 11.1. The molecule has 0 saturated carbocycles. The highest BCUT2D eigenvalue weighted by molar-refractivity contribution is 7.99. The van der Waals surface area contributed by atoms with Gasteiger partial charge in [-0.25, -0.2) is 4.79 Å². The molecule has 0 unspecified atom stereocenters. The van der Waals surface area contributed by atoms with Crippen molar-refractivity contribution in [1.29, 1.82) is 0 Å². The zero-order valence-corrected chi connectivity index (χ0v) is 23.6. The van der Waals surface area contributed by atoms with Crippen molar-refractivity contribution >= 4 is 29.5 Å². The smallest absolute Gasteiger partial charge is 0.336 e. The van der Waals surface area contributed by atoms with E-state index in [2.05, 4.69) is 5.32 Å². The molecule has 0 spiro atoms. The molecule has 2 aliphatic rings. The van der Waals surface area contributed by atoms with E-state index in [1.807, 2.05) is 75.4 Å². The SMILES string of the molecule is CCSCCOC(=O)C1=C(C)NC2=C(C(=O)[C@@H](C(=O)OC)[C@H](C)C2)[C@H]1c1ccccc1OCc1ccccc1. The van der Waals surface area contributed by atoms with E-state index >= 15 is 0 Å². The summed E-state index contributed by atoms with van der Waals surface area (Å²) in [5.74, 6) is -1.21. The van der Waals surface area contributed by atoms with Gasteiger partial charge in [-0.1, -0.05) is 62.4 Å². The summed E-state index contributed by atoms with van der Waals surface area (Å²) in [6, 6.07) is 17.2. The van der Waals surface area contributed by atoms with E-state index in [4.69, 9.17) is 14.2 Å². The van der Waals surface area contributed by atoms with Crippen LogP contribution in [0, 0.1) is 11.8 Å². The number of carbonyl (C=O) groups is 3. The maximum Gasteiger partial charge on any atom is 0.336 e. The van der Waals surface area contributed by atoms with Gasteiger partial charge in [0.25, 0.3) is 0 Å². The van der Waals surface area contributed by atoms with Crippen LogP contribution in [0.25, 0.3) is 0 Å². The number of rotatable bonds is 10. The van der Waals surface area contributed by atoms with Crippen LogP contribution in [0.3, 0.4) is 0 Å². The van der Waals surface area contributed by atoms with Crippen LogP contribution in [-0.2, 0) is 30.5 Å². The Labute approximate surface area is 234 Å². The molecule has 0 amide bonds. The first-order chi connectivity index (χ1) is 18.9. The number of carbonyl (C=O) groups excluding carboxylic acids is 3. The minimum Gasteiger partial charge on any atom is -0.489 e. The van der Waals surface area contributed by atoms with E-state index in [0.29, 0.717) is 52.6 Å². The first-order valence-electron chi connectivity index (χ1n) is 13.2. The number of methoxy groups -OCH3 is 1. The molecular formula is C31H35NO6S. The third-order valence-corrected chi connectivity index (χ3v) is 7.96. The molecule has 39 heavy (non-hydrogen) atoms. The van der Waals surface area contributed by atoms with Crippen LogP contribution in [0.5, 0.6) is 5.75 Å². The number of esters is 2. The Morgan fingerprint density at radius 2 is 1.79 bits per heavy atom. The van der Waals surface area contributed by atoms with E-state index in [-0.39, 0.29) is 18.3 Å². The third-order valence-electron chi connectivity index (χ3n) is 7.10. The van der Waals surface area contributed by atoms with E-state index in [1.165, 1.54) is 7.11 Å². The second kappa shape index (κ2) is 13.0. The van der Waals surface area contributed by atoms with Gasteiger partial charge in [-0.2, -0.15) is 11.8 Å². The van der Waals surface area contributed by atoms with Gasteiger partial charge in [0.2, 0.25) is 0 Å². The zero-order valence-electron chi connectivity index (χ0n) is 22.8. The molecule has 0 saturated heterocycles. The molecule has 7 nitrogen and oxygen atoms in total. The van der Waals surface area contributed by atoms with E-state index in [0.717, 1.165) is 11.3 Å². The van der Waals surface area contributed by atoms with Crippen molar-refractivity contribution in [3.05, 3.63) is 88.3 Å². The predicted octanol–water partition coefficient (Wildman–Crippen LogP) is 5.17. The van der Waals surface area contributed by atoms with Crippen molar-refractivity contribution in [3.8, 4) is 5.75 Å². The number of ketones is 1. The number of nitrogens with one attached hydrogen (secondary N) is 1. The Kier molecular flexibility index (Phi) is 9.51. The van der Waals surface area contributed by atoms with Crippen molar-refractivity contribution in [2.45, 2.75) is 39.7 Å². The number of ether oxygens (including phenoxy) is 3. The number of thioether (sulfide) groups is 1. The lowest BCUT2D eigenvalue weighted by atomic mass is 9.69. The predicted molar refractivity (Wildman–Crippen MR) is 151 cm³/mol. The molecule has 1 aliphatic carbocycles. The monoisotopic (exact) mass is 549 g/mol. The number of benzene rings is 2. The molecule has 0 fully saturated rings. The molecule has 206 valence electrons. The van der Waals surface area contributed by atoms with Crippen LogP contribution in [0.4, 0.5) is 0 Å². The largest absolute Gasteiger partial charge is 0.489 e. The quantitative estimate of drug-likeness (QED) is 0.247. The van der Waals surface area contributed by atoms with Crippen LogP contribution in [-0.4, -0.2) is 42.9 Å². The van der Waals surface area contributed by atoms with Gasteiger partial charge in [0.05, 0.1) is 18.6 Å². The summed E-state index contributed by atoms with van der Waals surface area (Å²) in [5.41, 5.74) is 3.73. The standard InChI is InChI=1S/C31H35NO6S/c1-5-39-16-15-37-31(35)26-20(3)32-23-17-19(2)25(30(34)36-4)29(33)28(23)27(26)22-13-9-10-14-24(22)38-18-21-11-7-6-8-12-21/h6-14,19,25,27,32H,5,15-18H2,1-4H3/t19-,25+,27+/m1/s1. The van der Waals surface area contributed by atoms with Gasteiger partial charge >= 0.3 is 11.9 Å². The molecule has 1 heterocycles. The Bertz CT molecular complexity index is 1280. The van der Waals surface area contributed by atoms with Crippen molar-refractivity contribution in [3.63, 3.8) is 0 Å². The summed E-state index contributed by atoms with van der Waals surface area (Å²) in [6.45, 7) is 6.32. The Morgan fingerprint density at radius 3 is 2.51 bits per heavy atom. The highest BCUT2D eigenvalue weighted by Gasteiger charge is 2.47. The van der Waals surface area contributed by atoms with Crippen LogP contribution in [0.1, 0.15) is 44.2 Å². The molecule has 0 bridgehead atoms. The number of allylic oxidation sites excluding steroid dienone is 3. The van der Waals surface area contributed by atoms with E-state index < -0.39 is 23.8 Å². The highest BCUT2D eigenvalue weighted by atomic mass is 32.2. The first-order valence-corrected chi connectivity index (χ1v) is 14.4. The van der Waals surface area contributed by atoms with Gasteiger partial charge in [0, 0.05) is 28.3 Å². The molecule has 2 aromatic rings. The molecule has 1 N–H and O–H groups in total. The lowest BCUT2D eigenvalue weighted by molar-refractivity contribution is -0.151. The molecule has 8 heteroatoms. The van der Waals surface area contributed by atoms with Crippen molar-refractivity contribution in [1.82, 2.24) is 5.32 Å². The van der Waals surface area contributed by atoms with Crippen molar-refractivity contribution < 1.29 is 28.6 Å². The average molecular weight is 550 g/mol. The van der Waals surface area contributed by atoms with Crippen LogP contribution in [0.2, 0.25) is 0 Å². The van der Waals surface area contributed by atoms with Gasteiger partial charge in [0.15, 0.2) is 5.78 Å². The average Bonchev–Trinajstić information content (AvgIpc) is 2.94. The minimum atomic E-state index is -0.952. The van der Waals surface area contributed by atoms with E-state index in [1.54, 1.807) is 11.8 Å². The van der Waals surface area contributed by atoms with Gasteiger partial charge in [0.1, 0.15) is 24.9 Å². The lowest BCUT2D eigenvalue weighted by Crippen LogP contribution is -2.43. The summed E-state index contributed by atoms with van der Waals surface area (Å²) >= 11 is 1.68. The summed E-state index contributed by atoms with van der Waals surface area (Å²) in [4.78, 5) is 40.3. The number of hydrogen-bond acceptors (Lipinski definition) is 8. The normalized spacial score (nSPS) is 20.7. The fourth-order valence-corrected chi connectivity index (χ4v) is 5.75. The van der Waals surface area contributed by atoms with Gasteiger partial charge in [-0.15, -0.1) is 0 Å². The fourth-order valence-electron chi connectivity index (χ4n) is 5.26. The number of Topliss-reactive ketones (excluding diaryl/α,β-unsaturated/α-hetero) is 1. The topological polar surface area (TPSA) is 90.9 Å². The Balaban J connectivity index is 1.78. The van der Waals surface area contributed by atoms with Gasteiger partial charge < -0.3 is 19.5 Å². The number of dihydropyridines is 1. The van der Waals surface area contributed by atoms with E-state index in [9.17, 15) is 14.4 Å². The first kappa shape index (κ1) is 28.5. The maximum atomic E-state index is 14.0. The summed E-state index contributed by atoms with van der Waals surface area (Å²) in [7, 11) is 1.29.